The van der Waals surface area contributed by atoms with Crippen molar-refractivity contribution in [2.75, 3.05) is 6.54 Å². The first-order valence-electron chi connectivity index (χ1n) is 15.0. The molecule has 5 atom stereocenters. The Labute approximate surface area is 259 Å². The predicted octanol–water partition coefficient (Wildman–Crippen LogP) is 4.67. The van der Waals surface area contributed by atoms with Crippen LogP contribution in [0.15, 0.2) is 23.2 Å². The Morgan fingerprint density at radius 1 is 1.21 bits per heavy atom. The molecule has 2 aliphatic rings. The Balaban J connectivity index is 1.70. The number of benzene rings is 1. The Bertz CT molecular complexity index is 1310. The van der Waals surface area contributed by atoms with Gasteiger partial charge in [-0.2, -0.15) is 0 Å². The maximum atomic E-state index is 13.4. The number of carboxylic acid groups (broad SMARTS) is 1. The average Bonchev–Trinajstić information content (AvgIpc) is 2.96. The molecule has 1 fully saturated rings. The SMILES string of the molecule is CCC1=Nc2c(ccc(/C=C/C(C)(C)C(=O)N[C@H](C(=O)N[C@@H](C)C(=O)N3CCC[C@@H](C(=O)O)N3)C(C)C)c2C)C(Cl)C1C. The van der Waals surface area contributed by atoms with E-state index in [1.54, 1.807) is 20.8 Å². The molecular formula is C32H46ClN5O5. The van der Waals surface area contributed by atoms with Crippen LogP contribution in [-0.4, -0.2) is 64.2 Å². The van der Waals surface area contributed by atoms with Crippen LogP contribution < -0.4 is 16.1 Å². The van der Waals surface area contributed by atoms with Gasteiger partial charge in [0.25, 0.3) is 5.91 Å². The summed E-state index contributed by atoms with van der Waals surface area (Å²) >= 11 is 6.76. The molecule has 0 radical (unpaired) electrons. The van der Waals surface area contributed by atoms with Crippen molar-refractivity contribution in [3.63, 3.8) is 0 Å². The number of hydrazine groups is 1. The van der Waals surface area contributed by atoms with Crippen LogP contribution in [0.5, 0.6) is 0 Å². The number of hydrogen-bond donors (Lipinski definition) is 4. The first-order valence-corrected chi connectivity index (χ1v) is 15.5. The molecule has 10 nitrogen and oxygen atoms in total. The van der Waals surface area contributed by atoms with Gasteiger partial charge in [-0.05, 0) is 69.6 Å². The molecule has 4 N–H and O–H groups in total. The Kier molecular flexibility index (Phi) is 11.2. The largest absolute Gasteiger partial charge is 0.480 e. The highest BCUT2D eigenvalue weighted by molar-refractivity contribution is 6.23. The van der Waals surface area contributed by atoms with Crippen LogP contribution in [0.4, 0.5) is 5.69 Å². The Morgan fingerprint density at radius 2 is 1.88 bits per heavy atom. The maximum Gasteiger partial charge on any atom is 0.322 e. The van der Waals surface area contributed by atoms with Gasteiger partial charge >= 0.3 is 5.97 Å². The molecule has 2 heterocycles. The van der Waals surface area contributed by atoms with E-state index in [0.717, 1.165) is 34.5 Å². The molecule has 0 aromatic heterocycles. The van der Waals surface area contributed by atoms with Crippen LogP contribution in [-0.2, 0) is 19.2 Å². The van der Waals surface area contributed by atoms with Gasteiger partial charge in [-0.3, -0.25) is 29.2 Å². The van der Waals surface area contributed by atoms with E-state index < -0.39 is 41.3 Å². The Morgan fingerprint density at radius 3 is 2.49 bits per heavy atom. The van der Waals surface area contributed by atoms with Gasteiger partial charge < -0.3 is 15.7 Å². The first-order chi connectivity index (χ1) is 20.1. The minimum atomic E-state index is -1.03. The number of nitrogens with one attached hydrogen (secondary N) is 3. The highest BCUT2D eigenvalue weighted by atomic mass is 35.5. The molecule has 2 unspecified atom stereocenters. The van der Waals surface area contributed by atoms with E-state index in [1.165, 1.54) is 5.01 Å². The van der Waals surface area contributed by atoms with E-state index in [4.69, 9.17) is 16.6 Å². The molecule has 236 valence electrons. The van der Waals surface area contributed by atoms with Crippen LogP contribution in [0.3, 0.4) is 0 Å². The molecule has 3 rings (SSSR count). The zero-order chi connectivity index (χ0) is 32.2. The number of aliphatic carboxylic acids is 1. The number of rotatable bonds is 10. The zero-order valence-electron chi connectivity index (χ0n) is 26.5. The molecule has 2 aliphatic heterocycles. The van der Waals surface area contributed by atoms with E-state index in [1.807, 2.05) is 45.1 Å². The van der Waals surface area contributed by atoms with E-state index >= 15 is 0 Å². The molecule has 1 aromatic carbocycles. The lowest BCUT2D eigenvalue weighted by Crippen LogP contribution is -2.61. The third-order valence-electron chi connectivity index (χ3n) is 8.36. The van der Waals surface area contributed by atoms with Crippen LogP contribution in [0.25, 0.3) is 6.08 Å². The third kappa shape index (κ3) is 7.84. The fourth-order valence-electron chi connectivity index (χ4n) is 5.33. The monoisotopic (exact) mass is 615 g/mol. The second-order valence-electron chi connectivity index (χ2n) is 12.5. The van der Waals surface area contributed by atoms with Gasteiger partial charge in [-0.25, -0.2) is 5.43 Å². The number of fused-ring (bicyclic) bond motifs is 1. The molecule has 1 saturated heterocycles. The molecule has 0 spiro atoms. The van der Waals surface area contributed by atoms with E-state index in [0.29, 0.717) is 19.4 Å². The molecule has 43 heavy (non-hydrogen) atoms. The van der Waals surface area contributed by atoms with Gasteiger partial charge in [-0.15, -0.1) is 11.6 Å². The van der Waals surface area contributed by atoms with Crippen molar-refractivity contribution in [2.45, 2.75) is 98.2 Å². The number of carbonyl (C=O) groups is 4. The summed E-state index contributed by atoms with van der Waals surface area (Å²) in [4.78, 5) is 55.8. The average molecular weight is 616 g/mol. The van der Waals surface area contributed by atoms with E-state index in [9.17, 15) is 24.3 Å². The lowest BCUT2D eigenvalue weighted by molar-refractivity contribution is -0.148. The van der Waals surface area contributed by atoms with Gasteiger partial charge in [0.1, 0.15) is 18.1 Å². The summed E-state index contributed by atoms with van der Waals surface area (Å²) in [6.45, 7) is 15.2. The topological polar surface area (TPSA) is 140 Å². The van der Waals surface area contributed by atoms with Gasteiger partial charge in [0.15, 0.2) is 0 Å². The van der Waals surface area contributed by atoms with Crippen LogP contribution >= 0.6 is 11.6 Å². The second kappa shape index (κ2) is 14.0. The number of aliphatic imine (C=N–C) groups is 1. The number of amides is 3. The number of alkyl halides is 1. The molecular weight excluding hydrogens is 570 g/mol. The number of carboxylic acids is 1. The smallest absolute Gasteiger partial charge is 0.322 e. The van der Waals surface area contributed by atoms with E-state index in [2.05, 4.69) is 29.9 Å². The van der Waals surface area contributed by atoms with Crippen molar-refractivity contribution >= 4 is 52.8 Å². The predicted molar refractivity (Wildman–Crippen MR) is 169 cm³/mol. The summed E-state index contributed by atoms with van der Waals surface area (Å²) in [7, 11) is 0. The minimum absolute atomic E-state index is 0.142. The summed E-state index contributed by atoms with van der Waals surface area (Å²) in [6, 6.07) is 1.34. The molecule has 0 aliphatic carbocycles. The Hall–Kier alpha value is -3.24. The van der Waals surface area contributed by atoms with Crippen molar-refractivity contribution in [3.05, 3.63) is 34.9 Å². The van der Waals surface area contributed by atoms with E-state index in [-0.39, 0.29) is 23.1 Å². The van der Waals surface area contributed by atoms with Crippen molar-refractivity contribution in [3.8, 4) is 0 Å². The van der Waals surface area contributed by atoms with Crippen LogP contribution in [0.2, 0.25) is 0 Å². The third-order valence-corrected chi connectivity index (χ3v) is 8.98. The lowest BCUT2D eigenvalue weighted by Gasteiger charge is -2.34. The van der Waals surface area contributed by atoms with Crippen molar-refractivity contribution in [2.24, 2.45) is 22.2 Å². The molecule has 11 heteroatoms. The molecule has 1 aromatic rings. The standard InChI is InChI=1S/C32H46ClN5O5/c1-9-23-19(5)25(33)22-13-12-21(18(4)27(22)35-23)14-15-32(7,8)31(43)36-26(17(2)3)28(39)34-20(6)29(40)38-16-10-11-24(37-38)30(41)42/h12-15,17,19-20,24-26,37H,9-11,16H2,1-8H3,(H,34,39)(H,36,43)(H,41,42)/b15-14+/t19?,20-,24-,25?,26-/m0/s1. The van der Waals surface area contributed by atoms with Gasteiger partial charge in [0, 0.05) is 18.2 Å². The quantitative estimate of drug-likeness (QED) is 0.282. The van der Waals surface area contributed by atoms with Crippen LogP contribution in [0.1, 0.15) is 89.8 Å². The van der Waals surface area contributed by atoms with Crippen molar-refractivity contribution in [1.29, 1.82) is 0 Å². The number of nitrogens with zero attached hydrogens (tertiary/aromatic N) is 2. The molecule has 0 bridgehead atoms. The number of carbonyl (C=O) groups excluding carboxylic acids is 3. The van der Waals surface area contributed by atoms with Crippen LogP contribution in [0, 0.1) is 24.2 Å². The van der Waals surface area contributed by atoms with Gasteiger partial charge in [0.05, 0.1) is 16.5 Å². The highest BCUT2D eigenvalue weighted by Gasteiger charge is 2.35. The van der Waals surface area contributed by atoms with Gasteiger partial charge in [0.2, 0.25) is 11.8 Å². The maximum absolute atomic E-state index is 13.4. The summed E-state index contributed by atoms with van der Waals surface area (Å²) in [5.74, 6) is -2.39. The van der Waals surface area contributed by atoms with Gasteiger partial charge in [-0.1, -0.05) is 52.0 Å². The fourth-order valence-corrected chi connectivity index (χ4v) is 5.65. The summed E-state index contributed by atoms with van der Waals surface area (Å²) in [5, 5.41) is 15.9. The summed E-state index contributed by atoms with van der Waals surface area (Å²) in [6.07, 6.45) is 5.49. The fraction of sp³-hybridized carbons (Fsp3) is 0.594. The second-order valence-corrected chi connectivity index (χ2v) is 13.0. The highest BCUT2D eigenvalue weighted by Crippen LogP contribution is 2.44. The first kappa shape index (κ1) is 34.3. The van der Waals surface area contributed by atoms with Crippen molar-refractivity contribution < 1.29 is 24.3 Å². The zero-order valence-corrected chi connectivity index (χ0v) is 27.2. The van der Waals surface area contributed by atoms with Crippen molar-refractivity contribution in [1.82, 2.24) is 21.1 Å². The summed E-state index contributed by atoms with van der Waals surface area (Å²) in [5.41, 5.74) is 6.64. The minimum Gasteiger partial charge on any atom is -0.480 e. The summed E-state index contributed by atoms with van der Waals surface area (Å²) < 4.78 is 0. The number of hydrogen-bond acceptors (Lipinski definition) is 6. The normalized spacial score (nSPS) is 22.0. The molecule has 0 saturated carbocycles. The number of halogens is 1. The molecule has 3 amide bonds. The lowest BCUT2D eigenvalue weighted by atomic mass is 9.86.